The van der Waals surface area contributed by atoms with E-state index in [-0.39, 0.29) is 0 Å². The van der Waals surface area contributed by atoms with Crippen molar-refractivity contribution in [3.05, 3.63) is 35.7 Å². The van der Waals surface area contributed by atoms with Crippen molar-refractivity contribution >= 4 is 12.4 Å². The number of hydrogen-bond donors (Lipinski definition) is 1. The zero-order valence-electron chi connectivity index (χ0n) is 16.9. The average molecular weight is 335 g/mol. The van der Waals surface area contributed by atoms with Crippen LogP contribution in [0.2, 0.25) is 0 Å². The molecule has 0 aromatic rings. The van der Waals surface area contributed by atoms with Crippen molar-refractivity contribution in [2.45, 2.75) is 47.0 Å². The second-order valence-electron chi connectivity index (χ2n) is 5.61. The van der Waals surface area contributed by atoms with Gasteiger partial charge in [-0.1, -0.05) is 59.1 Å². The third-order valence-corrected chi connectivity index (χ3v) is 3.27. The third kappa shape index (κ3) is 10.9. The Balaban J connectivity index is 0. The zero-order chi connectivity index (χ0) is 19.0. The van der Waals surface area contributed by atoms with Crippen molar-refractivity contribution in [2.24, 2.45) is 4.99 Å². The molecule has 1 rings (SSSR count). The summed E-state index contributed by atoms with van der Waals surface area (Å²) in [7, 11) is 6.04. The predicted molar refractivity (Wildman–Crippen MR) is 110 cm³/mol. The second-order valence-corrected chi connectivity index (χ2v) is 5.61. The molecule has 0 spiro atoms. The quantitative estimate of drug-likeness (QED) is 0.682. The van der Waals surface area contributed by atoms with Crippen molar-refractivity contribution in [3.63, 3.8) is 0 Å². The molecule has 4 heteroatoms. The predicted octanol–water partition coefficient (Wildman–Crippen LogP) is 4.76. The number of allylic oxidation sites excluding steroid dienone is 5. The van der Waals surface area contributed by atoms with Gasteiger partial charge in [-0.2, -0.15) is 0 Å². The highest BCUT2D eigenvalue weighted by Crippen LogP contribution is 2.16. The summed E-state index contributed by atoms with van der Waals surface area (Å²) in [5.74, 6) is 0.762. The van der Waals surface area contributed by atoms with Gasteiger partial charge in [-0.3, -0.25) is 0 Å². The van der Waals surface area contributed by atoms with Crippen LogP contribution in [-0.2, 0) is 0 Å². The fourth-order valence-corrected chi connectivity index (χ4v) is 1.90. The lowest BCUT2D eigenvalue weighted by atomic mass is 10.1. The second kappa shape index (κ2) is 16.2. The van der Waals surface area contributed by atoms with Gasteiger partial charge >= 0.3 is 0 Å². The van der Waals surface area contributed by atoms with Crippen LogP contribution < -0.4 is 0 Å². The van der Waals surface area contributed by atoms with E-state index in [1.54, 1.807) is 6.08 Å². The molecule has 0 aromatic heterocycles. The van der Waals surface area contributed by atoms with Gasteiger partial charge in [-0.25, -0.2) is 4.99 Å². The van der Waals surface area contributed by atoms with Gasteiger partial charge in [-0.15, -0.1) is 0 Å². The van der Waals surface area contributed by atoms with Gasteiger partial charge in [0.2, 0.25) is 0 Å². The van der Waals surface area contributed by atoms with Crippen LogP contribution in [0.15, 0.2) is 40.7 Å². The summed E-state index contributed by atoms with van der Waals surface area (Å²) < 4.78 is 0. The number of nitrogens with one attached hydrogen (secondary N) is 1. The number of likely N-dealkylation sites (N-methyl/N-ethyl adjacent to an activating group) is 2. The molecule has 0 heterocycles. The Bertz CT molecular complexity index is 429. The lowest BCUT2D eigenvalue weighted by molar-refractivity contribution is 0.324. The first-order chi connectivity index (χ1) is 11.5. The third-order valence-electron chi connectivity index (χ3n) is 3.27. The Morgan fingerprint density at radius 1 is 1.04 bits per heavy atom. The number of hydrogen-bond acceptors (Lipinski definition) is 4. The van der Waals surface area contributed by atoms with Crippen molar-refractivity contribution in [1.82, 2.24) is 9.80 Å². The Morgan fingerprint density at radius 3 is 1.96 bits per heavy atom. The van der Waals surface area contributed by atoms with E-state index in [0.717, 1.165) is 24.5 Å². The minimum absolute atomic E-state index is 0.478. The van der Waals surface area contributed by atoms with Crippen LogP contribution in [-0.4, -0.2) is 56.5 Å². The number of nitrogens with zero attached hydrogens (tertiary/aromatic N) is 3. The number of aliphatic imine (C=N–C) groups is 1. The Kier molecular flexibility index (Phi) is 16.6. The van der Waals surface area contributed by atoms with Crippen molar-refractivity contribution in [3.8, 4) is 0 Å². The average Bonchev–Trinajstić information content (AvgIpc) is 2.58. The minimum Gasteiger partial charge on any atom is -0.358 e. The first-order valence-electron chi connectivity index (χ1n) is 8.98. The van der Waals surface area contributed by atoms with E-state index < -0.39 is 0 Å². The van der Waals surface area contributed by atoms with Crippen molar-refractivity contribution in [2.75, 3.05) is 34.2 Å². The standard InChI is InChI=1S/C13H20N4.C5H12.C2H6/c1-15-13(17(4)10-9-16(2)3)11-7-5-6-8-12(11)14;1-3-5-4-2;1-2/h5-8,14H,1,9-10H2,2-4H3;3-5H2,1-2H3;1-2H3/b13-11+,14-12?;;. The van der Waals surface area contributed by atoms with Crippen LogP contribution >= 0.6 is 0 Å². The molecule has 1 N–H and O–H groups in total. The van der Waals surface area contributed by atoms with E-state index in [1.165, 1.54) is 19.3 Å². The van der Waals surface area contributed by atoms with E-state index >= 15 is 0 Å². The smallest absolute Gasteiger partial charge is 0.137 e. The lowest BCUT2D eigenvalue weighted by Crippen LogP contribution is -2.29. The molecule has 1 aliphatic rings. The van der Waals surface area contributed by atoms with Crippen LogP contribution in [0.1, 0.15) is 47.0 Å². The molecular formula is C20H38N4. The maximum atomic E-state index is 7.87. The summed E-state index contributed by atoms with van der Waals surface area (Å²) in [6.07, 6.45) is 11.5. The Labute approximate surface area is 150 Å². The summed E-state index contributed by atoms with van der Waals surface area (Å²) in [6, 6.07) is 0. The maximum Gasteiger partial charge on any atom is 0.137 e. The number of unbranched alkanes of at least 4 members (excludes halogenated alkanes) is 2. The summed E-state index contributed by atoms with van der Waals surface area (Å²) >= 11 is 0. The highest BCUT2D eigenvalue weighted by atomic mass is 15.2. The van der Waals surface area contributed by atoms with E-state index in [4.69, 9.17) is 5.41 Å². The summed E-state index contributed by atoms with van der Waals surface area (Å²) in [5, 5.41) is 7.87. The lowest BCUT2D eigenvalue weighted by Gasteiger charge is -2.23. The molecular weight excluding hydrogens is 296 g/mol. The van der Waals surface area contributed by atoms with E-state index in [9.17, 15) is 0 Å². The highest BCUT2D eigenvalue weighted by Gasteiger charge is 2.12. The first-order valence-corrected chi connectivity index (χ1v) is 8.98. The van der Waals surface area contributed by atoms with Gasteiger partial charge in [-0.05, 0) is 33.0 Å². The molecule has 4 nitrogen and oxygen atoms in total. The summed E-state index contributed by atoms with van der Waals surface area (Å²) in [6.45, 7) is 13.8. The summed E-state index contributed by atoms with van der Waals surface area (Å²) in [4.78, 5) is 8.19. The van der Waals surface area contributed by atoms with E-state index in [0.29, 0.717) is 5.71 Å². The van der Waals surface area contributed by atoms with E-state index in [2.05, 4.69) is 30.5 Å². The van der Waals surface area contributed by atoms with Crippen LogP contribution in [0.25, 0.3) is 0 Å². The molecule has 138 valence electrons. The maximum absolute atomic E-state index is 7.87. The highest BCUT2D eigenvalue weighted by molar-refractivity contribution is 6.09. The fraction of sp³-hybridized carbons (Fsp3) is 0.600. The molecule has 0 saturated heterocycles. The zero-order valence-corrected chi connectivity index (χ0v) is 16.9. The van der Waals surface area contributed by atoms with Gasteiger partial charge < -0.3 is 15.2 Å². The van der Waals surface area contributed by atoms with Gasteiger partial charge in [0.25, 0.3) is 0 Å². The molecule has 1 aliphatic carbocycles. The van der Waals surface area contributed by atoms with Gasteiger partial charge in [0.1, 0.15) is 5.82 Å². The molecule has 0 amide bonds. The number of rotatable bonds is 7. The topological polar surface area (TPSA) is 42.7 Å². The van der Waals surface area contributed by atoms with Crippen molar-refractivity contribution in [1.29, 1.82) is 5.41 Å². The minimum atomic E-state index is 0.478. The SMILES string of the molecule is C=N/C(=C1/C=CC=CC1=N)N(C)CCN(C)C.CC.CCCCC. The molecule has 0 aromatic carbocycles. The molecule has 0 aliphatic heterocycles. The molecule has 0 radical (unpaired) electrons. The molecule has 0 unspecified atom stereocenters. The van der Waals surface area contributed by atoms with Crippen LogP contribution in [0, 0.1) is 5.41 Å². The fourth-order valence-electron chi connectivity index (χ4n) is 1.90. The monoisotopic (exact) mass is 334 g/mol. The first kappa shape index (κ1) is 24.6. The molecule has 0 bridgehead atoms. The largest absolute Gasteiger partial charge is 0.358 e. The van der Waals surface area contributed by atoms with Crippen LogP contribution in [0.5, 0.6) is 0 Å². The van der Waals surface area contributed by atoms with Gasteiger partial charge in [0.15, 0.2) is 0 Å². The van der Waals surface area contributed by atoms with Gasteiger partial charge in [0.05, 0.1) is 5.71 Å². The molecule has 24 heavy (non-hydrogen) atoms. The van der Waals surface area contributed by atoms with E-state index in [1.807, 2.05) is 58.1 Å². The van der Waals surface area contributed by atoms with Crippen LogP contribution in [0.3, 0.4) is 0 Å². The Morgan fingerprint density at radius 2 is 1.58 bits per heavy atom. The molecule has 0 saturated carbocycles. The van der Waals surface area contributed by atoms with Gasteiger partial charge in [0, 0.05) is 25.7 Å². The Hall–Kier alpha value is -1.68. The normalized spacial score (nSPS) is 14.4. The van der Waals surface area contributed by atoms with Crippen molar-refractivity contribution < 1.29 is 0 Å². The van der Waals surface area contributed by atoms with Crippen LogP contribution in [0.4, 0.5) is 0 Å². The summed E-state index contributed by atoms with van der Waals surface area (Å²) in [5.41, 5.74) is 1.30. The molecule has 0 fully saturated rings. The molecule has 0 atom stereocenters.